The highest BCUT2D eigenvalue weighted by Gasteiger charge is 2.36. The Kier molecular flexibility index (Phi) is 8.03. The summed E-state index contributed by atoms with van der Waals surface area (Å²) in [4.78, 5) is 29.7. The van der Waals surface area contributed by atoms with Gasteiger partial charge in [0.1, 0.15) is 11.6 Å². The van der Waals surface area contributed by atoms with Crippen molar-refractivity contribution in [2.75, 3.05) is 54.5 Å². The number of fused-ring (bicyclic) bond motifs is 1. The summed E-state index contributed by atoms with van der Waals surface area (Å²) in [6.07, 6.45) is -1.68. The number of aromatic nitrogens is 3. The lowest BCUT2D eigenvalue weighted by Gasteiger charge is -2.28. The zero-order valence-corrected chi connectivity index (χ0v) is 23.2. The van der Waals surface area contributed by atoms with Crippen molar-refractivity contribution in [2.24, 2.45) is 5.73 Å². The minimum atomic E-state index is -4.51. The van der Waals surface area contributed by atoms with E-state index in [1.807, 2.05) is 38.1 Å². The van der Waals surface area contributed by atoms with Gasteiger partial charge >= 0.3 is 6.18 Å². The van der Waals surface area contributed by atoms with E-state index in [1.54, 1.807) is 4.90 Å². The van der Waals surface area contributed by atoms with Crippen LogP contribution < -0.4 is 20.9 Å². The lowest BCUT2D eigenvalue weighted by atomic mass is 9.79. The Morgan fingerprint density at radius 2 is 1.73 bits per heavy atom. The molecule has 1 saturated heterocycles. The quantitative estimate of drug-likeness (QED) is 0.435. The number of alkyl halides is 3. The summed E-state index contributed by atoms with van der Waals surface area (Å²) < 4.78 is 46.8. The van der Waals surface area contributed by atoms with Crippen LogP contribution in [-0.2, 0) is 34.0 Å². The average Bonchev–Trinajstić information content (AvgIpc) is 3.20. The molecule has 4 heterocycles. The standard InChI is InChI=1S/C29H34F3N7O2/c1-3-28(2,26(33)40)19-6-8-20(9-7-19)35-24-21-10-13-38(25-22(29(30,31)32)5-4-12-34-25)14-11-23(21)36-27(37-24)39-15-17-41-18-16-39/h4-9,12H,3,10-11,13-18H2,1-2H3,(H2,33,40)(H,35,36,37). The minimum absolute atomic E-state index is 0.0762. The van der Waals surface area contributed by atoms with E-state index in [2.05, 4.69) is 15.2 Å². The average molecular weight is 570 g/mol. The molecule has 1 aromatic carbocycles. The smallest absolute Gasteiger partial charge is 0.378 e. The Labute approximate surface area is 236 Å². The van der Waals surface area contributed by atoms with Crippen LogP contribution in [0.3, 0.4) is 0 Å². The van der Waals surface area contributed by atoms with Gasteiger partial charge in [-0.05, 0) is 49.6 Å². The Hall–Kier alpha value is -3.93. The molecular formula is C29H34F3N7O2. The van der Waals surface area contributed by atoms with Crippen molar-refractivity contribution < 1.29 is 22.7 Å². The summed E-state index contributed by atoms with van der Waals surface area (Å²) in [6, 6.07) is 9.87. The maximum Gasteiger partial charge on any atom is 0.419 e. The van der Waals surface area contributed by atoms with Crippen molar-refractivity contribution >= 4 is 29.2 Å². The predicted molar refractivity (Wildman–Crippen MR) is 150 cm³/mol. The fourth-order valence-corrected chi connectivity index (χ4v) is 5.26. The number of hydrogen-bond donors (Lipinski definition) is 2. The molecule has 1 amide bonds. The fourth-order valence-electron chi connectivity index (χ4n) is 5.26. The molecule has 0 spiro atoms. The lowest BCUT2D eigenvalue weighted by molar-refractivity contribution is -0.137. The van der Waals surface area contributed by atoms with Crippen LogP contribution in [0.1, 0.15) is 42.7 Å². The van der Waals surface area contributed by atoms with Gasteiger partial charge in [0.25, 0.3) is 0 Å². The Morgan fingerprint density at radius 1 is 1.02 bits per heavy atom. The van der Waals surface area contributed by atoms with E-state index < -0.39 is 17.2 Å². The molecule has 0 bridgehead atoms. The highest BCUT2D eigenvalue weighted by Crippen LogP contribution is 2.37. The first-order valence-corrected chi connectivity index (χ1v) is 13.8. The van der Waals surface area contributed by atoms with Gasteiger partial charge in [-0.25, -0.2) is 9.97 Å². The van der Waals surface area contributed by atoms with Gasteiger partial charge in [0.2, 0.25) is 11.9 Å². The molecule has 0 radical (unpaired) electrons. The lowest BCUT2D eigenvalue weighted by Crippen LogP contribution is -2.37. The van der Waals surface area contributed by atoms with Crippen molar-refractivity contribution in [2.45, 2.75) is 44.7 Å². The van der Waals surface area contributed by atoms with E-state index in [-0.39, 0.29) is 11.7 Å². The van der Waals surface area contributed by atoms with Crippen molar-refractivity contribution in [3.8, 4) is 0 Å². The Morgan fingerprint density at radius 3 is 2.39 bits per heavy atom. The number of nitrogens with two attached hydrogens (primary N) is 1. The first-order chi connectivity index (χ1) is 19.6. The largest absolute Gasteiger partial charge is 0.419 e. The zero-order chi connectivity index (χ0) is 29.2. The summed E-state index contributed by atoms with van der Waals surface area (Å²) in [7, 11) is 0. The van der Waals surface area contributed by atoms with Gasteiger partial charge < -0.3 is 25.6 Å². The van der Waals surface area contributed by atoms with Crippen molar-refractivity contribution in [3.05, 3.63) is 65.0 Å². The predicted octanol–water partition coefficient (Wildman–Crippen LogP) is 4.23. The van der Waals surface area contributed by atoms with Crippen LogP contribution in [0.5, 0.6) is 0 Å². The number of benzene rings is 1. The number of rotatable bonds is 7. The second-order valence-corrected chi connectivity index (χ2v) is 10.5. The molecule has 0 aliphatic carbocycles. The maximum atomic E-state index is 13.8. The molecule has 3 N–H and O–H groups in total. The summed E-state index contributed by atoms with van der Waals surface area (Å²) in [6.45, 7) is 6.83. The Bertz CT molecular complexity index is 1390. The van der Waals surface area contributed by atoms with Gasteiger partial charge in [0, 0.05) is 50.0 Å². The number of morpholine rings is 1. The zero-order valence-electron chi connectivity index (χ0n) is 23.2. The van der Waals surface area contributed by atoms with Gasteiger partial charge in [0.15, 0.2) is 0 Å². The third kappa shape index (κ3) is 5.92. The molecule has 2 aliphatic heterocycles. The molecule has 1 unspecified atom stereocenters. The number of nitrogens with zero attached hydrogens (tertiary/aromatic N) is 5. The number of amides is 1. The van der Waals surface area contributed by atoms with Crippen molar-refractivity contribution in [3.63, 3.8) is 0 Å². The van der Waals surface area contributed by atoms with E-state index in [9.17, 15) is 18.0 Å². The molecule has 0 saturated carbocycles. The molecule has 1 fully saturated rings. The Balaban J connectivity index is 1.47. The minimum Gasteiger partial charge on any atom is -0.378 e. The second-order valence-electron chi connectivity index (χ2n) is 10.5. The highest BCUT2D eigenvalue weighted by atomic mass is 19.4. The summed E-state index contributed by atoms with van der Waals surface area (Å²) in [5.41, 5.74) is 7.38. The molecule has 218 valence electrons. The number of ether oxygens (including phenoxy) is 1. The molecule has 2 aliphatic rings. The highest BCUT2D eigenvalue weighted by molar-refractivity contribution is 5.86. The van der Waals surface area contributed by atoms with Crippen LogP contribution >= 0.6 is 0 Å². The molecule has 5 rings (SSSR count). The van der Waals surface area contributed by atoms with Gasteiger partial charge in [-0.1, -0.05) is 19.1 Å². The second kappa shape index (κ2) is 11.5. The number of anilines is 4. The SMILES string of the molecule is CCC(C)(C(N)=O)c1ccc(Nc2nc(N3CCOCC3)nc3c2CCN(c2ncccc2C(F)(F)F)CC3)cc1. The van der Waals surface area contributed by atoms with Crippen LogP contribution in [0.25, 0.3) is 0 Å². The van der Waals surface area contributed by atoms with Crippen molar-refractivity contribution in [1.82, 2.24) is 15.0 Å². The van der Waals surface area contributed by atoms with Gasteiger partial charge in [0.05, 0.1) is 29.9 Å². The molecular weight excluding hydrogens is 535 g/mol. The van der Waals surface area contributed by atoms with E-state index in [0.29, 0.717) is 70.4 Å². The van der Waals surface area contributed by atoms with Crippen LogP contribution in [-0.4, -0.2) is 60.3 Å². The number of carbonyl (C=O) groups excluding carboxylic acids is 1. The van der Waals surface area contributed by atoms with Gasteiger partial charge in [-0.2, -0.15) is 18.2 Å². The molecule has 3 aromatic rings. The van der Waals surface area contributed by atoms with E-state index in [1.165, 1.54) is 12.3 Å². The van der Waals surface area contributed by atoms with Crippen molar-refractivity contribution in [1.29, 1.82) is 0 Å². The molecule has 2 aromatic heterocycles. The third-order valence-corrected chi connectivity index (χ3v) is 8.05. The normalized spacial score (nSPS) is 17.4. The number of carbonyl (C=O) groups is 1. The molecule has 41 heavy (non-hydrogen) atoms. The van der Waals surface area contributed by atoms with Crippen LogP contribution in [0.15, 0.2) is 42.6 Å². The fraction of sp³-hybridized carbons (Fsp3) is 0.448. The number of nitrogens with one attached hydrogen (secondary N) is 1. The van der Waals surface area contributed by atoms with Crippen LogP contribution in [0, 0.1) is 0 Å². The number of pyridine rings is 1. The maximum absolute atomic E-state index is 13.8. The topological polar surface area (TPSA) is 110 Å². The summed E-state index contributed by atoms with van der Waals surface area (Å²) >= 11 is 0. The van der Waals surface area contributed by atoms with E-state index >= 15 is 0 Å². The number of halogens is 3. The van der Waals surface area contributed by atoms with Crippen LogP contribution in [0.2, 0.25) is 0 Å². The number of primary amides is 1. The molecule has 12 heteroatoms. The first kappa shape index (κ1) is 28.6. The summed E-state index contributed by atoms with van der Waals surface area (Å²) in [5.74, 6) is 0.702. The van der Waals surface area contributed by atoms with Gasteiger partial charge in [-0.3, -0.25) is 4.79 Å². The molecule has 1 atom stereocenters. The first-order valence-electron chi connectivity index (χ1n) is 13.8. The van der Waals surface area contributed by atoms with E-state index in [4.69, 9.17) is 20.4 Å². The van der Waals surface area contributed by atoms with Gasteiger partial charge in [-0.15, -0.1) is 0 Å². The third-order valence-electron chi connectivity index (χ3n) is 8.05. The number of hydrogen-bond acceptors (Lipinski definition) is 8. The van der Waals surface area contributed by atoms with Crippen LogP contribution in [0.4, 0.5) is 36.4 Å². The molecule has 9 nitrogen and oxygen atoms in total. The monoisotopic (exact) mass is 569 g/mol. The summed E-state index contributed by atoms with van der Waals surface area (Å²) in [5, 5.41) is 3.42. The van der Waals surface area contributed by atoms with E-state index in [0.717, 1.165) is 28.6 Å².